The standard InChI is InChI=1S/C18H32N2O2/c1-17(2,3)12-18(4,5)19-16(22)13-10-15(21)20(11-13)14-8-6-7-9-14/h13-14H,6-12H2,1-5H3,(H,19,22). The van der Waals surface area contributed by atoms with E-state index < -0.39 is 0 Å². The molecule has 4 nitrogen and oxygen atoms in total. The van der Waals surface area contributed by atoms with Crippen LogP contribution in [0.5, 0.6) is 0 Å². The van der Waals surface area contributed by atoms with E-state index in [-0.39, 0.29) is 28.7 Å². The van der Waals surface area contributed by atoms with Crippen LogP contribution < -0.4 is 5.32 Å². The maximum atomic E-state index is 12.6. The van der Waals surface area contributed by atoms with Crippen LogP contribution in [0.15, 0.2) is 0 Å². The molecule has 1 unspecified atom stereocenters. The fourth-order valence-corrected chi connectivity index (χ4v) is 4.28. The molecule has 1 saturated carbocycles. The number of likely N-dealkylation sites (tertiary alicyclic amines) is 1. The van der Waals surface area contributed by atoms with Crippen LogP contribution in [0.1, 0.15) is 73.1 Å². The Balaban J connectivity index is 1.92. The van der Waals surface area contributed by atoms with Crippen LogP contribution in [-0.4, -0.2) is 34.8 Å². The van der Waals surface area contributed by atoms with Gasteiger partial charge in [-0.15, -0.1) is 0 Å². The molecule has 126 valence electrons. The lowest BCUT2D eigenvalue weighted by Gasteiger charge is -2.34. The van der Waals surface area contributed by atoms with Gasteiger partial charge in [0.1, 0.15) is 0 Å². The maximum absolute atomic E-state index is 12.6. The molecule has 0 spiro atoms. The molecular weight excluding hydrogens is 276 g/mol. The van der Waals surface area contributed by atoms with Crippen molar-refractivity contribution in [3.05, 3.63) is 0 Å². The summed E-state index contributed by atoms with van der Waals surface area (Å²) in [5.74, 6) is 0.0381. The van der Waals surface area contributed by atoms with Gasteiger partial charge in [0.25, 0.3) is 0 Å². The molecule has 2 amide bonds. The lowest BCUT2D eigenvalue weighted by molar-refractivity contribution is -0.130. The highest BCUT2D eigenvalue weighted by molar-refractivity contribution is 5.89. The van der Waals surface area contributed by atoms with Crippen molar-refractivity contribution < 1.29 is 9.59 Å². The molecule has 1 N–H and O–H groups in total. The molecule has 0 aromatic carbocycles. The summed E-state index contributed by atoms with van der Waals surface area (Å²) >= 11 is 0. The van der Waals surface area contributed by atoms with Crippen molar-refractivity contribution in [1.29, 1.82) is 0 Å². The molecule has 1 heterocycles. The summed E-state index contributed by atoms with van der Waals surface area (Å²) in [4.78, 5) is 26.7. The summed E-state index contributed by atoms with van der Waals surface area (Å²) < 4.78 is 0. The minimum absolute atomic E-state index is 0.0445. The first kappa shape index (κ1) is 17.3. The van der Waals surface area contributed by atoms with Crippen molar-refractivity contribution in [3.8, 4) is 0 Å². The molecule has 1 atom stereocenters. The average Bonchev–Trinajstić information content (AvgIpc) is 2.92. The van der Waals surface area contributed by atoms with Crippen LogP contribution in [0.3, 0.4) is 0 Å². The molecule has 1 saturated heterocycles. The Bertz CT molecular complexity index is 431. The number of amides is 2. The van der Waals surface area contributed by atoms with Gasteiger partial charge in [-0.1, -0.05) is 33.6 Å². The summed E-state index contributed by atoms with van der Waals surface area (Å²) in [6.07, 6.45) is 5.94. The largest absolute Gasteiger partial charge is 0.351 e. The van der Waals surface area contributed by atoms with Gasteiger partial charge in [0.15, 0.2) is 0 Å². The summed E-state index contributed by atoms with van der Waals surface area (Å²) in [7, 11) is 0. The molecule has 1 aliphatic heterocycles. The normalized spacial score (nSPS) is 24.1. The SMILES string of the molecule is CC(C)(C)CC(C)(C)NC(=O)C1CC(=O)N(C2CCCC2)C1. The van der Waals surface area contributed by atoms with E-state index >= 15 is 0 Å². The topological polar surface area (TPSA) is 49.4 Å². The lowest BCUT2D eigenvalue weighted by atomic mass is 9.81. The van der Waals surface area contributed by atoms with Gasteiger partial charge in [-0.2, -0.15) is 0 Å². The second-order valence-electron chi connectivity index (χ2n) is 9.00. The van der Waals surface area contributed by atoms with Gasteiger partial charge in [0, 0.05) is 24.5 Å². The molecule has 0 bridgehead atoms. The third kappa shape index (κ3) is 4.47. The molecule has 2 fully saturated rings. The molecular formula is C18H32N2O2. The monoisotopic (exact) mass is 308 g/mol. The third-order valence-corrected chi connectivity index (χ3v) is 4.73. The van der Waals surface area contributed by atoms with E-state index in [1.165, 1.54) is 12.8 Å². The number of rotatable bonds is 4. The zero-order valence-corrected chi connectivity index (χ0v) is 14.9. The van der Waals surface area contributed by atoms with Gasteiger partial charge in [0.05, 0.1) is 5.92 Å². The molecule has 22 heavy (non-hydrogen) atoms. The number of nitrogens with one attached hydrogen (secondary N) is 1. The molecule has 2 aliphatic rings. The highest BCUT2D eigenvalue weighted by Gasteiger charge is 2.40. The number of carbonyl (C=O) groups excluding carboxylic acids is 2. The fraction of sp³-hybridized carbons (Fsp3) is 0.889. The van der Waals surface area contributed by atoms with E-state index in [2.05, 4.69) is 39.9 Å². The minimum Gasteiger partial charge on any atom is -0.351 e. The first-order valence-electron chi connectivity index (χ1n) is 8.69. The number of carbonyl (C=O) groups is 2. The van der Waals surface area contributed by atoms with Crippen molar-refractivity contribution >= 4 is 11.8 Å². The van der Waals surface area contributed by atoms with Crippen LogP contribution in [0.25, 0.3) is 0 Å². The Morgan fingerprint density at radius 3 is 2.32 bits per heavy atom. The first-order valence-corrected chi connectivity index (χ1v) is 8.69. The fourth-order valence-electron chi connectivity index (χ4n) is 4.28. The van der Waals surface area contributed by atoms with Gasteiger partial charge in [-0.3, -0.25) is 9.59 Å². The third-order valence-electron chi connectivity index (χ3n) is 4.73. The van der Waals surface area contributed by atoms with Crippen LogP contribution >= 0.6 is 0 Å². The van der Waals surface area contributed by atoms with Gasteiger partial charge < -0.3 is 10.2 Å². The smallest absolute Gasteiger partial charge is 0.225 e. The maximum Gasteiger partial charge on any atom is 0.225 e. The van der Waals surface area contributed by atoms with Gasteiger partial charge in [0.2, 0.25) is 11.8 Å². The minimum atomic E-state index is -0.237. The molecule has 1 aliphatic carbocycles. The number of hydrogen-bond acceptors (Lipinski definition) is 2. The van der Waals surface area contributed by atoms with Crippen molar-refractivity contribution in [3.63, 3.8) is 0 Å². The van der Waals surface area contributed by atoms with E-state index in [1.807, 2.05) is 4.90 Å². The number of nitrogens with zero attached hydrogens (tertiary/aromatic N) is 1. The molecule has 2 rings (SSSR count). The predicted molar refractivity (Wildman–Crippen MR) is 88.4 cm³/mol. The Hall–Kier alpha value is -1.06. The average molecular weight is 308 g/mol. The van der Waals surface area contributed by atoms with Gasteiger partial charge in [-0.25, -0.2) is 0 Å². The first-order chi connectivity index (χ1) is 10.1. The van der Waals surface area contributed by atoms with Crippen LogP contribution in [0.2, 0.25) is 0 Å². The quantitative estimate of drug-likeness (QED) is 0.867. The Labute approximate surface area is 135 Å². The van der Waals surface area contributed by atoms with Gasteiger partial charge in [-0.05, 0) is 38.5 Å². The van der Waals surface area contributed by atoms with E-state index in [1.54, 1.807) is 0 Å². The molecule has 4 heteroatoms. The Kier molecular flexibility index (Phi) is 4.88. The van der Waals surface area contributed by atoms with Crippen LogP contribution in [-0.2, 0) is 9.59 Å². The van der Waals surface area contributed by atoms with Crippen molar-refractivity contribution in [2.75, 3.05) is 6.54 Å². The molecule has 0 radical (unpaired) electrons. The zero-order valence-electron chi connectivity index (χ0n) is 14.9. The second kappa shape index (κ2) is 6.21. The second-order valence-corrected chi connectivity index (χ2v) is 9.00. The summed E-state index contributed by atoms with van der Waals surface area (Å²) in [6, 6.07) is 0.382. The summed E-state index contributed by atoms with van der Waals surface area (Å²) in [6.45, 7) is 11.3. The highest BCUT2D eigenvalue weighted by atomic mass is 16.2. The molecule has 0 aromatic rings. The molecule has 0 aromatic heterocycles. The summed E-state index contributed by atoms with van der Waals surface area (Å²) in [5, 5.41) is 3.17. The lowest BCUT2D eigenvalue weighted by Crippen LogP contribution is -2.48. The van der Waals surface area contributed by atoms with Gasteiger partial charge >= 0.3 is 0 Å². The predicted octanol–water partition coefficient (Wildman–Crippen LogP) is 3.11. The zero-order chi connectivity index (χ0) is 16.5. The van der Waals surface area contributed by atoms with Crippen molar-refractivity contribution in [2.24, 2.45) is 11.3 Å². The van der Waals surface area contributed by atoms with Crippen molar-refractivity contribution in [2.45, 2.75) is 84.7 Å². The van der Waals surface area contributed by atoms with Crippen LogP contribution in [0.4, 0.5) is 0 Å². The van der Waals surface area contributed by atoms with E-state index in [0.717, 1.165) is 19.3 Å². The van der Waals surface area contributed by atoms with Crippen LogP contribution in [0, 0.1) is 11.3 Å². The summed E-state index contributed by atoms with van der Waals surface area (Å²) in [5.41, 5.74) is -0.0721. The number of hydrogen-bond donors (Lipinski definition) is 1. The van der Waals surface area contributed by atoms with Crippen molar-refractivity contribution in [1.82, 2.24) is 10.2 Å². The van der Waals surface area contributed by atoms with E-state index in [9.17, 15) is 9.59 Å². The van der Waals surface area contributed by atoms with E-state index in [4.69, 9.17) is 0 Å². The van der Waals surface area contributed by atoms with E-state index in [0.29, 0.717) is 19.0 Å². The highest BCUT2D eigenvalue weighted by Crippen LogP contribution is 2.31. The Morgan fingerprint density at radius 1 is 1.18 bits per heavy atom. The Morgan fingerprint density at radius 2 is 1.77 bits per heavy atom.